The first kappa shape index (κ1) is 14.4. The number of hydrogen-bond acceptors (Lipinski definition) is 3. The molecule has 0 aromatic heterocycles. The third-order valence-corrected chi connectivity index (χ3v) is 4.98. The Hall–Kier alpha value is -0.960. The molecule has 0 bridgehead atoms. The molecule has 0 saturated carbocycles. The smallest absolute Gasteiger partial charge is 0.122 e. The third kappa shape index (κ3) is 3.53. The van der Waals surface area contributed by atoms with E-state index in [2.05, 4.69) is 25.1 Å². The fraction of sp³-hybridized carbons (Fsp3) is 0.562. The quantitative estimate of drug-likeness (QED) is 0.762. The van der Waals surface area contributed by atoms with Crippen molar-refractivity contribution in [2.24, 2.45) is 0 Å². The minimum atomic E-state index is 0.227. The van der Waals surface area contributed by atoms with Gasteiger partial charge < -0.3 is 9.53 Å². The van der Waals surface area contributed by atoms with Crippen LogP contribution in [-0.4, -0.2) is 24.9 Å². The van der Waals surface area contributed by atoms with E-state index in [-0.39, 0.29) is 5.92 Å². The number of rotatable bonds is 5. The highest BCUT2D eigenvalue weighted by Crippen LogP contribution is 2.36. The predicted molar refractivity (Wildman–Crippen MR) is 81.4 cm³/mol. The van der Waals surface area contributed by atoms with Crippen LogP contribution in [0.25, 0.3) is 0 Å². The summed E-state index contributed by atoms with van der Waals surface area (Å²) in [7, 11) is 1.70. The van der Waals surface area contributed by atoms with Gasteiger partial charge in [-0.25, -0.2) is 0 Å². The van der Waals surface area contributed by atoms with Crippen molar-refractivity contribution in [3.63, 3.8) is 0 Å². The fourth-order valence-corrected chi connectivity index (χ4v) is 3.80. The van der Waals surface area contributed by atoms with Crippen LogP contribution in [0, 0.1) is 0 Å². The first-order chi connectivity index (χ1) is 9.26. The van der Waals surface area contributed by atoms with Gasteiger partial charge in [0.1, 0.15) is 12.0 Å². The molecule has 1 aliphatic rings. The summed E-state index contributed by atoms with van der Waals surface area (Å²) < 4.78 is 5.44. The second-order valence-corrected chi connectivity index (χ2v) is 6.42. The van der Waals surface area contributed by atoms with Gasteiger partial charge in [-0.1, -0.05) is 19.1 Å². The van der Waals surface area contributed by atoms with E-state index < -0.39 is 0 Å². The van der Waals surface area contributed by atoms with Gasteiger partial charge in [-0.2, -0.15) is 11.8 Å². The summed E-state index contributed by atoms with van der Waals surface area (Å²) >= 11 is 2.05. The van der Waals surface area contributed by atoms with Crippen molar-refractivity contribution in [1.82, 2.24) is 0 Å². The van der Waals surface area contributed by atoms with Gasteiger partial charge in [-0.3, -0.25) is 0 Å². The van der Waals surface area contributed by atoms with E-state index in [1.54, 1.807) is 7.11 Å². The van der Waals surface area contributed by atoms with E-state index in [9.17, 15) is 4.79 Å². The molecule has 1 aliphatic heterocycles. The zero-order chi connectivity index (χ0) is 13.7. The molecule has 0 amide bonds. The lowest BCUT2D eigenvalue weighted by Gasteiger charge is -2.23. The topological polar surface area (TPSA) is 26.3 Å². The monoisotopic (exact) mass is 278 g/mol. The molecule has 1 aromatic carbocycles. The molecule has 1 unspecified atom stereocenters. The normalized spacial score (nSPS) is 18.0. The molecule has 1 aromatic rings. The highest BCUT2D eigenvalue weighted by atomic mass is 32.2. The van der Waals surface area contributed by atoms with Gasteiger partial charge in [0.15, 0.2) is 0 Å². The Morgan fingerprint density at radius 3 is 2.79 bits per heavy atom. The zero-order valence-electron chi connectivity index (χ0n) is 11.7. The summed E-state index contributed by atoms with van der Waals surface area (Å²) in [4.78, 5) is 10.7. The maximum Gasteiger partial charge on any atom is 0.122 e. The summed E-state index contributed by atoms with van der Waals surface area (Å²) in [6, 6.07) is 6.51. The van der Waals surface area contributed by atoms with Crippen LogP contribution in [-0.2, 0) is 4.79 Å². The standard InChI is InChI=1S/C16H22O2S/c1-12(5-8-17)15-11-14(3-4-16(15)18-2)13-6-9-19-10-7-13/h3-4,8,11-13H,5-7,9-10H2,1-2H3. The summed E-state index contributed by atoms with van der Waals surface area (Å²) in [5.74, 6) is 4.33. The highest BCUT2D eigenvalue weighted by molar-refractivity contribution is 7.99. The molecule has 1 heterocycles. The number of carbonyl (C=O) groups excluding carboxylic acids is 1. The van der Waals surface area contributed by atoms with Crippen LogP contribution >= 0.6 is 11.8 Å². The highest BCUT2D eigenvalue weighted by Gasteiger charge is 2.19. The van der Waals surface area contributed by atoms with Gasteiger partial charge >= 0.3 is 0 Å². The van der Waals surface area contributed by atoms with E-state index >= 15 is 0 Å². The Balaban J connectivity index is 2.26. The lowest BCUT2D eigenvalue weighted by atomic mass is 9.88. The Morgan fingerprint density at radius 1 is 1.42 bits per heavy atom. The van der Waals surface area contributed by atoms with Crippen LogP contribution in [0.1, 0.15) is 49.1 Å². The summed E-state index contributed by atoms with van der Waals surface area (Å²) in [6.07, 6.45) is 4.07. The summed E-state index contributed by atoms with van der Waals surface area (Å²) in [5.41, 5.74) is 2.58. The van der Waals surface area contributed by atoms with E-state index in [1.165, 1.54) is 35.5 Å². The number of methoxy groups -OCH3 is 1. The zero-order valence-corrected chi connectivity index (χ0v) is 12.5. The second kappa shape index (κ2) is 6.99. The van der Waals surface area contributed by atoms with Gasteiger partial charge in [-0.05, 0) is 53.4 Å². The van der Waals surface area contributed by atoms with E-state index in [0.717, 1.165) is 12.0 Å². The number of carbonyl (C=O) groups is 1. The van der Waals surface area contributed by atoms with Crippen LogP contribution < -0.4 is 4.74 Å². The predicted octanol–water partition coefficient (Wildman–Crippen LogP) is 4.00. The average Bonchev–Trinajstić information content (AvgIpc) is 2.47. The lowest BCUT2D eigenvalue weighted by Crippen LogP contribution is -2.09. The van der Waals surface area contributed by atoms with E-state index in [1.807, 2.05) is 11.8 Å². The van der Waals surface area contributed by atoms with Gasteiger partial charge in [-0.15, -0.1) is 0 Å². The Kier molecular flexibility index (Phi) is 5.32. The van der Waals surface area contributed by atoms with Gasteiger partial charge in [0.2, 0.25) is 0 Å². The van der Waals surface area contributed by atoms with Crippen molar-refractivity contribution in [3.8, 4) is 5.75 Å². The minimum Gasteiger partial charge on any atom is -0.496 e. The van der Waals surface area contributed by atoms with Gasteiger partial charge in [0, 0.05) is 6.42 Å². The number of ether oxygens (including phenoxy) is 1. The molecule has 2 nitrogen and oxygen atoms in total. The molecule has 19 heavy (non-hydrogen) atoms. The first-order valence-corrected chi connectivity index (χ1v) is 8.11. The number of aldehydes is 1. The Morgan fingerprint density at radius 2 is 2.16 bits per heavy atom. The summed E-state index contributed by atoms with van der Waals surface area (Å²) in [6.45, 7) is 2.09. The molecule has 0 radical (unpaired) electrons. The summed E-state index contributed by atoms with van der Waals surface area (Å²) in [5, 5.41) is 0. The number of hydrogen-bond donors (Lipinski definition) is 0. The minimum absolute atomic E-state index is 0.227. The van der Waals surface area contributed by atoms with Crippen LogP contribution in [0.3, 0.4) is 0 Å². The van der Waals surface area contributed by atoms with Crippen molar-refractivity contribution in [1.29, 1.82) is 0 Å². The van der Waals surface area contributed by atoms with Crippen LogP contribution in [0.5, 0.6) is 5.75 Å². The molecule has 1 atom stereocenters. The second-order valence-electron chi connectivity index (χ2n) is 5.19. The van der Waals surface area contributed by atoms with Crippen LogP contribution in [0.2, 0.25) is 0 Å². The SMILES string of the molecule is COc1ccc(C2CCSCC2)cc1C(C)CC=O. The van der Waals surface area contributed by atoms with Crippen LogP contribution in [0.15, 0.2) is 18.2 Å². The maximum atomic E-state index is 10.7. The lowest BCUT2D eigenvalue weighted by molar-refractivity contribution is -0.108. The van der Waals surface area contributed by atoms with Crippen LogP contribution in [0.4, 0.5) is 0 Å². The van der Waals surface area contributed by atoms with Crippen molar-refractivity contribution >= 4 is 18.0 Å². The first-order valence-electron chi connectivity index (χ1n) is 6.95. The molecule has 0 spiro atoms. The molecule has 1 fully saturated rings. The van der Waals surface area contributed by atoms with E-state index in [0.29, 0.717) is 12.3 Å². The Labute approximate surface area is 119 Å². The molecular formula is C16H22O2S. The van der Waals surface area contributed by atoms with Crippen molar-refractivity contribution < 1.29 is 9.53 Å². The molecular weight excluding hydrogens is 256 g/mol. The maximum absolute atomic E-state index is 10.7. The fourth-order valence-electron chi connectivity index (χ4n) is 2.69. The molecule has 3 heteroatoms. The van der Waals surface area contributed by atoms with Crippen molar-refractivity contribution in [3.05, 3.63) is 29.3 Å². The van der Waals surface area contributed by atoms with Crippen molar-refractivity contribution in [2.75, 3.05) is 18.6 Å². The molecule has 104 valence electrons. The largest absolute Gasteiger partial charge is 0.496 e. The van der Waals surface area contributed by atoms with E-state index in [4.69, 9.17) is 4.74 Å². The van der Waals surface area contributed by atoms with Crippen molar-refractivity contribution in [2.45, 2.75) is 38.0 Å². The third-order valence-electron chi connectivity index (χ3n) is 3.93. The van der Waals surface area contributed by atoms with Gasteiger partial charge in [0.25, 0.3) is 0 Å². The van der Waals surface area contributed by atoms with Gasteiger partial charge in [0.05, 0.1) is 7.11 Å². The number of thioether (sulfide) groups is 1. The average molecular weight is 278 g/mol. The molecule has 2 rings (SSSR count). The molecule has 0 aliphatic carbocycles. The Bertz CT molecular complexity index is 425. The number of benzene rings is 1. The molecule has 0 N–H and O–H groups in total. The molecule has 1 saturated heterocycles.